The first kappa shape index (κ1) is 13.4. The predicted octanol–water partition coefficient (Wildman–Crippen LogP) is 2.14. The second-order valence-electron chi connectivity index (χ2n) is 5.30. The van der Waals surface area contributed by atoms with Gasteiger partial charge in [-0.3, -0.25) is 9.59 Å². The van der Waals surface area contributed by atoms with E-state index in [9.17, 15) is 14.0 Å². The predicted molar refractivity (Wildman–Crippen MR) is 70.2 cm³/mol. The van der Waals surface area contributed by atoms with Crippen LogP contribution in [0.3, 0.4) is 0 Å². The summed E-state index contributed by atoms with van der Waals surface area (Å²) in [7, 11) is 1.27. The number of methoxy groups -OCH3 is 1. The number of hydrogen-bond acceptors (Lipinski definition) is 3. The van der Waals surface area contributed by atoms with Crippen molar-refractivity contribution < 1.29 is 18.7 Å². The molecule has 0 aromatic heterocycles. The van der Waals surface area contributed by atoms with Crippen LogP contribution in [0.2, 0.25) is 5.02 Å². The standard InChI is InChI=1S/C14H13ClFNO3/c1-20-10(18)6-17-7-14(4-5-14)11-8(13(17)19)2-3-9(15)12(11)16/h2-3H,4-7H2,1H3. The van der Waals surface area contributed by atoms with Crippen molar-refractivity contribution in [2.45, 2.75) is 18.3 Å². The van der Waals surface area contributed by atoms with Crippen molar-refractivity contribution in [2.75, 3.05) is 20.2 Å². The van der Waals surface area contributed by atoms with Crippen LogP contribution >= 0.6 is 11.6 Å². The van der Waals surface area contributed by atoms with Crippen LogP contribution in [0.1, 0.15) is 28.8 Å². The van der Waals surface area contributed by atoms with Crippen LogP contribution < -0.4 is 0 Å². The number of esters is 1. The van der Waals surface area contributed by atoms with E-state index in [0.717, 1.165) is 12.8 Å². The molecule has 4 nitrogen and oxygen atoms in total. The molecule has 3 rings (SSSR count). The Morgan fingerprint density at radius 1 is 1.50 bits per heavy atom. The summed E-state index contributed by atoms with van der Waals surface area (Å²) in [5.74, 6) is -1.33. The third-order valence-corrected chi connectivity index (χ3v) is 4.33. The lowest BCUT2D eigenvalue weighted by Crippen LogP contribution is -2.46. The van der Waals surface area contributed by atoms with Gasteiger partial charge in [-0.2, -0.15) is 0 Å². The number of rotatable bonds is 2. The minimum Gasteiger partial charge on any atom is -0.468 e. The van der Waals surface area contributed by atoms with Crippen molar-refractivity contribution in [3.05, 3.63) is 34.1 Å². The van der Waals surface area contributed by atoms with Crippen molar-refractivity contribution in [1.29, 1.82) is 0 Å². The Morgan fingerprint density at radius 3 is 2.80 bits per heavy atom. The molecule has 2 aliphatic rings. The fourth-order valence-corrected chi connectivity index (χ4v) is 3.00. The van der Waals surface area contributed by atoms with Gasteiger partial charge in [-0.25, -0.2) is 4.39 Å². The van der Waals surface area contributed by atoms with Crippen molar-refractivity contribution >= 4 is 23.5 Å². The molecule has 0 unspecified atom stereocenters. The van der Waals surface area contributed by atoms with Gasteiger partial charge in [-0.05, 0) is 25.0 Å². The zero-order valence-corrected chi connectivity index (χ0v) is 11.7. The maximum absolute atomic E-state index is 14.3. The van der Waals surface area contributed by atoms with E-state index in [1.54, 1.807) is 0 Å². The number of hydrogen-bond donors (Lipinski definition) is 0. The molecular formula is C14H13ClFNO3. The number of benzene rings is 1. The number of fused-ring (bicyclic) bond motifs is 2. The molecule has 1 heterocycles. The van der Waals surface area contributed by atoms with Crippen LogP contribution in [0.5, 0.6) is 0 Å². The van der Waals surface area contributed by atoms with Gasteiger partial charge < -0.3 is 9.64 Å². The van der Waals surface area contributed by atoms with Crippen LogP contribution in [0.25, 0.3) is 0 Å². The lowest BCUT2D eigenvalue weighted by atomic mass is 9.86. The summed E-state index contributed by atoms with van der Waals surface area (Å²) in [5.41, 5.74) is 0.336. The van der Waals surface area contributed by atoms with E-state index in [-0.39, 0.29) is 22.9 Å². The van der Waals surface area contributed by atoms with Crippen LogP contribution in [-0.4, -0.2) is 37.0 Å². The van der Waals surface area contributed by atoms with Crippen molar-refractivity contribution in [3.63, 3.8) is 0 Å². The lowest BCUT2D eigenvalue weighted by Gasteiger charge is -2.34. The number of halogens is 2. The van der Waals surface area contributed by atoms with E-state index in [0.29, 0.717) is 17.7 Å². The average Bonchev–Trinajstić information content (AvgIpc) is 3.19. The maximum atomic E-state index is 14.3. The minimum atomic E-state index is -0.507. The van der Waals surface area contributed by atoms with E-state index < -0.39 is 11.8 Å². The summed E-state index contributed by atoms with van der Waals surface area (Å²) < 4.78 is 18.8. The van der Waals surface area contributed by atoms with E-state index >= 15 is 0 Å². The van der Waals surface area contributed by atoms with E-state index in [4.69, 9.17) is 11.6 Å². The third-order valence-electron chi connectivity index (χ3n) is 4.04. The second-order valence-corrected chi connectivity index (χ2v) is 5.71. The summed E-state index contributed by atoms with van der Waals surface area (Å²) >= 11 is 5.82. The van der Waals surface area contributed by atoms with E-state index in [1.807, 2.05) is 0 Å². The number of carbonyl (C=O) groups excluding carboxylic acids is 2. The molecule has 0 atom stereocenters. The Morgan fingerprint density at radius 2 is 2.20 bits per heavy atom. The van der Waals surface area contributed by atoms with Crippen molar-refractivity contribution in [1.82, 2.24) is 4.90 Å². The minimum absolute atomic E-state index is 0.0317. The molecular weight excluding hydrogens is 285 g/mol. The van der Waals surface area contributed by atoms with Crippen LogP contribution in [0.4, 0.5) is 4.39 Å². The molecule has 0 radical (unpaired) electrons. The molecule has 1 saturated carbocycles. The highest BCUT2D eigenvalue weighted by atomic mass is 35.5. The molecule has 1 spiro atoms. The van der Waals surface area contributed by atoms with Crippen molar-refractivity contribution in [3.8, 4) is 0 Å². The zero-order chi connectivity index (χ0) is 14.5. The van der Waals surface area contributed by atoms with E-state index in [2.05, 4.69) is 4.74 Å². The van der Waals surface area contributed by atoms with Gasteiger partial charge in [0.15, 0.2) is 0 Å². The number of carbonyl (C=O) groups is 2. The van der Waals surface area contributed by atoms with Gasteiger partial charge in [0, 0.05) is 23.1 Å². The highest BCUT2D eigenvalue weighted by Gasteiger charge is 2.53. The summed E-state index contributed by atoms with van der Waals surface area (Å²) in [6, 6.07) is 2.91. The van der Waals surface area contributed by atoms with Gasteiger partial charge >= 0.3 is 5.97 Å². The first-order valence-corrected chi connectivity index (χ1v) is 6.71. The fraction of sp³-hybridized carbons (Fsp3) is 0.429. The third kappa shape index (κ3) is 1.88. The topological polar surface area (TPSA) is 46.6 Å². The zero-order valence-electron chi connectivity index (χ0n) is 10.9. The molecule has 20 heavy (non-hydrogen) atoms. The molecule has 1 aromatic rings. The van der Waals surface area contributed by atoms with Gasteiger partial charge in [-0.15, -0.1) is 0 Å². The summed E-state index contributed by atoms with van der Waals surface area (Å²) in [4.78, 5) is 25.2. The molecule has 1 amide bonds. The molecule has 1 aliphatic heterocycles. The largest absolute Gasteiger partial charge is 0.468 e. The molecule has 1 aromatic carbocycles. The van der Waals surface area contributed by atoms with E-state index in [1.165, 1.54) is 24.1 Å². The number of nitrogens with zero attached hydrogens (tertiary/aromatic N) is 1. The Bertz CT molecular complexity index is 613. The molecule has 1 fully saturated rings. The lowest BCUT2D eigenvalue weighted by molar-refractivity contribution is -0.141. The normalized spacial score (nSPS) is 18.9. The fourth-order valence-electron chi connectivity index (χ4n) is 2.84. The van der Waals surface area contributed by atoms with Crippen molar-refractivity contribution in [2.24, 2.45) is 0 Å². The Kier molecular flexibility index (Phi) is 2.97. The Hall–Kier alpha value is -1.62. The summed E-state index contributed by atoms with van der Waals surface area (Å²) in [6.07, 6.45) is 1.59. The highest BCUT2D eigenvalue weighted by molar-refractivity contribution is 6.31. The quantitative estimate of drug-likeness (QED) is 0.786. The van der Waals surface area contributed by atoms with Crippen LogP contribution in [-0.2, 0) is 14.9 Å². The molecule has 0 saturated heterocycles. The van der Waals surface area contributed by atoms with Gasteiger partial charge in [-0.1, -0.05) is 11.6 Å². The molecule has 1 aliphatic carbocycles. The SMILES string of the molecule is COC(=O)CN1CC2(CC2)c2c(ccc(Cl)c2F)C1=O. The molecule has 0 N–H and O–H groups in total. The molecule has 6 heteroatoms. The van der Waals surface area contributed by atoms with Gasteiger partial charge in [0.2, 0.25) is 0 Å². The average molecular weight is 298 g/mol. The summed E-state index contributed by atoms with van der Waals surface area (Å²) in [5, 5.41) is 0.0317. The van der Waals surface area contributed by atoms with Gasteiger partial charge in [0.25, 0.3) is 5.91 Å². The Labute approximate surface area is 120 Å². The van der Waals surface area contributed by atoms with Gasteiger partial charge in [0.1, 0.15) is 12.4 Å². The number of ether oxygens (including phenoxy) is 1. The first-order chi connectivity index (χ1) is 9.48. The summed E-state index contributed by atoms with van der Waals surface area (Å²) in [6.45, 7) is 0.228. The monoisotopic (exact) mass is 297 g/mol. The number of amides is 1. The smallest absolute Gasteiger partial charge is 0.325 e. The van der Waals surface area contributed by atoms with Crippen LogP contribution in [0, 0.1) is 5.82 Å². The second kappa shape index (κ2) is 4.45. The maximum Gasteiger partial charge on any atom is 0.325 e. The Balaban J connectivity index is 2.04. The highest BCUT2D eigenvalue weighted by Crippen LogP contribution is 2.53. The molecule has 106 valence electrons. The van der Waals surface area contributed by atoms with Gasteiger partial charge in [0.05, 0.1) is 12.1 Å². The van der Waals surface area contributed by atoms with Crippen LogP contribution in [0.15, 0.2) is 12.1 Å². The first-order valence-electron chi connectivity index (χ1n) is 6.33. The molecule has 0 bridgehead atoms.